The third-order valence-corrected chi connectivity index (χ3v) is 5.76. The van der Waals surface area contributed by atoms with Crippen LogP contribution in [0.15, 0.2) is 28.7 Å². The van der Waals surface area contributed by atoms with Crippen LogP contribution < -0.4 is 0 Å². The fourth-order valence-electron chi connectivity index (χ4n) is 3.76. The summed E-state index contributed by atoms with van der Waals surface area (Å²) in [4.78, 5) is 26.4. The third-order valence-electron chi connectivity index (χ3n) is 5.26. The predicted octanol–water partition coefficient (Wildman–Crippen LogP) is 2.82. The maximum Gasteiger partial charge on any atom is 0.306 e. The maximum absolute atomic E-state index is 13.4. The molecule has 1 aromatic rings. The van der Waals surface area contributed by atoms with Crippen LogP contribution in [0, 0.1) is 5.92 Å². The van der Waals surface area contributed by atoms with Crippen LogP contribution in [0.5, 0.6) is 0 Å². The number of rotatable bonds is 3. The molecule has 0 atom stereocenters. The molecule has 1 N–H and O–H groups in total. The molecule has 0 bridgehead atoms. The van der Waals surface area contributed by atoms with Crippen LogP contribution in [0.4, 0.5) is 0 Å². The number of aliphatic carboxylic acids is 1. The molecule has 0 spiro atoms. The number of likely N-dealkylation sites (tertiary alicyclic amines) is 1. The largest absolute Gasteiger partial charge is 0.481 e. The van der Waals surface area contributed by atoms with E-state index in [1.807, 2.05) is 29.2 Å². The second kappa shape index (κ2) is 7.23. The van der Waals surface area contributed by atoms with Gasteiger partial charge in [-0.05, 0) is 43.4 Å². The molecule has 130 valence electrons. The van der Waals surface area contributed by atoms with E-state index in [0.717, 1.165) is 10.0 Å². The first-order chi connectivity index (χ1) is 11.5. The number of carbonyl (C=O) groups is 2. The van der Waals surface area contributed by atoms with E-state index in [1.54, 1.807) is 0 Å². The number of halogens is 1. The second-order valence-corrected chi connectivity index (χ2v) is 7.53. The van der Waals surface area contributed by atoms with Crippen molar-refractivity contribution < 1.29 is 19.4 Å². The molecule has 2 saturated heterocycles. The number of carboxylic acid groups (broad SMARTS) is 1. The number of nitrogens with zero attached hydrogens (tertiary/aromatic N) is 1. The number of piperidine rings is 1. The van der Waals surface area contributed by atoms with Crippen molar-refractivity contribution in [2.75, 3.05) is 26.3 Å². The van der Waals surface area contributed by atoms with Crippen LogP contribution in [0.2, 0.25) is 0 Å². The molecule has 0 radical (unpaired) electrons. The Balaban J connectivity index is 1.84. The summed E-state index contributed by atoms with van der Waals surface area (Å²) in [5.41, 5.74) is 0.462. The molecular weight excluding hydrogens is 374 g/mol. The van der Waals surface area contributed by atoms with Gasteiger partial charge in [-0.25, -0.2) is 0 Å². The minimum atomic E-state index is -0.755. The zero-order valence-electron chi connectivity index (χ0n) is 13.5. The molecule has 3 rings (SSSR count). The average Bonchev–Trinajstić information content (AvgIpc) is 2.62. The number of hydrogen-bond acceptors (Lipinski definition) is 3. The highest BCUT2D eigenvalue weighted by Gasteiger charge is 2.45. The zero-order valence-corrected chi connectivity index (χ0v) is 15.1. The Labute approximate surface area is 150 Å². The number of ether oxygens (including phenoxy) is 1. The number of carboxylic acids is 1. The van der Waals surface area contributed by atoms with Crippen molar-refractivity contribution in [3.05, 3.63) is 34.3 Å². The molecule has 1 amide bonds. The first-order valence-corrected chi connectivity index (χ1v) is 9.18. The molecular formula is C18H22BrNO4. The van der Waals surface area contributed by atoms with Gasteiger partial charge >= 0.3 is 5.97 Å². The SMILES string of the molecule is O=C(O)C1CCN(C(=O)C2(c3cccc(Br)c3)CCOCC2)CC1. The summed E-state index contributed by atoms with van der Waals surface area (Å²) in [7, 11) is 0. The monoisotopic (exact) mass is 395 g/mol. The van der Waals surface area contributed by atoms with E-state index < -0.39 is 11.4 Å². The minimum Gasteiger partial charge on any atom is -0.481 e. The van der Waals surface area contributed by atoms with Crippen LogP contribution in [-0.2, 0) is 19.7 Å². The van der Waals surface area contributed by atoms with Gasteiger partial charge in [-0.1, -0.05) is 28.1 Å². The van der Waals surface area contributed by atoms with E-state index in [-0.39, 0.29) is 11.8 Å². The summed E-state index contributed by atoms with van der Waals surface area (Å²) < 4.78 is 6.46. The maximum atomic E-state index is 13.4. The van der Waals surface area contributed by atoms with E-state index in [4.69, 9.17) is 9.84 Å². The highest BCUT2D eigenvalue weighted by Crippen LogP contribution is 2.38. The normalized spacial score (nSPS) is 21.5. The van der Waals surface area contributed by atoms with Crippen molar-refractivity contribution in [1.29, 1.82) is 0 Å². The molecule has 0 aliphatic carbocycles. The molecule has 2 aliphatic rings. The first kappa shape index (κ1) is 17.4. The van der Waals surface area contributed by atoms with Crippen molar-refractivity contribution in [1.82, 2.24) is 4.90 Å². The second-order valence-electron chi connectivity index (χ2n) is 6.61. The first-order valence-electron chi connectivity index (χ1n) is 8.39. The van der Waals surface area contributed by atoms with E-state index in [1.165, 1.54) is 0 Å². The van der Waals surface area contributed by atoms with Gasteiger partial charge in [0, 0.05) is 30.8 Å². The van der Waals surface area contributed by atoms with Crippen molar-refractivity contribution in [3.63, 3.8) is 0 Å². The van der Waals surface area contributed by atoms with Gasteiger partial charge < -0.3 is 14.7 Å². The lowest BCUT2D eigenvalue weighted by atomic mass is 9.72. The molecule has 24 heavy (non-hydrogen) atoms. The van der Waals surface area contributed by atoms with E-state index >= 15 is 0 Å². The van der Waals surface area contributed by atoms with Gasteiger partial charge in [0.25, 0.3) is 0 Å². The fraction of sp³-hybridized carbons (Fsp3) is 0.556. The molecule has 2 heterocycles. The van der Waals surface area contributed by atoms with Gasteiger partial charge in [0.05, 0.1) is 11.3 Å². The molecule has 5 nitrogen and oxygen atoms in total. The lowest BCUT2D eigenvalue weighted by Gasteiger charge is -2.42. The topological polar surface area (TPSA) is 66.8 Å². The van der Waals surface area contributed by atoms with E-state index in [2.05, 4.69) is 15.9 Å². The molecule has 0 unspecified atom stereocenters. The van der Waals surface area contributed by atoms with Gasteiger partial charge in [0.15, 0.2) is 0 Å². The van der Waals surface area contributed by atoms with Gasteiger partial charge in [-0.2, -0.15) is 0 Å². The average molecular weight is 396 g/mol. The molecule has 1 aromatic carbocycles. The Morgan fingerprint density at radius 1 is 1.21 bits per heavy atom. The zero-order chi connectivity index (χ0) is 17.2. The summed E-state index contributed by atoms with van der Waals surface area (Å²) >= 11 is 3.50. The number of benzene rings is 1. The minimum absolute atomic E-state index is 0.118. The predicted molar refractivity (Wildman–Crippen MR) is 92.8 cm³/mol. The summed E-state index contributed by atoms with van der Waals surface area (Å²) in [6, 6.07) is 7.95. The van der Waals surface area contributed by atoms with Gasteiger partial charge in [-0.3, -0.25) is 9.59 Å². The molecule has 6 heteroatoms. The van der Waals surface area contributed by atoms with Crippen molar-refractivity contribution in [2.24, 2.45) is 5.92 Å². The standard InChI is InChI=1S/C18H22BrNO4/c19-15-3-1-2-14(12-15)18(6-10-24-11-7-18)17(23)20-8-4-13(5-9-20)16(21)22/h1-3,12-13H,4-11H2,(H,21,22). The summed E-state index contributed by atoms with van der Waals surface area (Å²) in [6.45, 7) is 2.19. The van der Waals surface area contributed by atoms with Crippen LogP contribution in [0.25, 0.3) is 0 Å². The van der Waals surface area contributed by atoms with Gasteiger partial charge in [0.1, 0.15) is 0 Å². The summed E-state index contributed by atoms with van der Waals surface area (Å²) in [6.07, 6.45) is 2.40. The number of carbonyl (C=O) groups excluding carboxylic acids is 1. The molecule has 2 fully saturated rings. The number of amides is 1. The third kappa shape index (κ3) is 3.35. The molecule has 0 aromatic heterocycles. The Hall–Kier alpha value is -1.40. The summed E-state index contributed by atoms with van der Waals surface area (Å²) in [5.74, 6) is -0.965. The highest BCUT2D eigenvalue weighted by atomic mass is 79.9. The molecule has 2 aliphatic heterocycles. The molecule has 0 saturated carbocycles. The van der Waals surface area contributed by atoms with Crippen LogP contribution in [0.1, 0.15) is 31.2 Å². The Morgan fingerprint density at radius 2 is 1.88 bits per heavy atom. The Kier molecular flexibility index (Phi) is 5.25. The van der Waals surface area contributed by atoms with Crippen LogP contribution in [-0.4, -0.2) is 48.2 Å². The lowest BCUT2D eigenvalue weighted by Crippen LogP contribution is -2.52. The van der Waals surface area contributed by atoms with Crippen molar-refractivity contribution in [2.45, 2.75) is 31.1 Å². The highest BCUT2D eigenvalue weighted by molar-refractivity contribution is 9.10. The Morgan fingerprint density at radius 3 is 2.46 bits per heavy atom. The van der Waals surface area contributed by atoms with E-state index in [0.29, 0.717) is 52.0 Å². The Bertz CT molecular complexity index is 619. The van der Waals surface area contributed by atoms with Crippen molar-refractivity contribution >= 4 is 27.8 Å². The van der Waals surface area contributed by atoms with Crippen molar-refractivity contribution in [3.8, 4) is 0 Å². The summed E-state index contributed by atoms with van der Waals surface area (Å²) in [5, 5.41) is 9.15. The van der Waals surface area contributed by atoms with Crippen LogP contribution in [0.3, 0.4) is 0 Å². The smallest absolute Gasteiger partial charge is 0.306 e. The van der Waals surface area contributed by atoms with Gasteiger partial charge in [0.2, 0.25) is 5.91 Å². The fourth-order valence-corrected chi connectivity index (χ4v) is 4.16. The quantitative estimate of drug-likeness (QED) is 0.854. The van der Waals surface area contributed by atoms with Gasteiger partial charge in [-0.15, -0.1) is 0 Å². The van der Waals surface area contributed by atoms with E-state index in [9.17, 15) is 9.59 Å². The number of hydrogen-bond donors (Lipinski definition) is 1. The van der Waals surface area contributed by atoms with Crippen LogP contribution >= 0.6 is 15.9 Å². The lowest BCUT2D eigenvalue weighted by molar-refractivity contribution is -0.149.